The zero-order chi connectivity index (χ0) is 23.6. The predicted molar refractivity (Wildman–Crippen MR) is 130 cm³/mol. The number of para-hydroxylation sites is 2. The van der Waals surface area contributed by atoms with Gasteiger partial charge in [-0.05, 0) is 62.8 Å². The third-order valence-corrected chi connectivity index (χ3v) is 5.91. The van der Waals surface area contributed by atoms with E-state index in [1.54, 1.807) is 16.3 Å². The van der Waals surface area contributed by atoms with Crippen LogP contribution in [0.15, 0.2) is 84.9 Å². The molecular weight excluding hydrogens is 442 g/mol. The summed E-state index contributed by atoms with van der Waals surface area (Å²) >= 11 is 0. The fourth-order valence-electron chi connectivity index (χ4n) is 4.19. The van der Waals surface area contributed by atoms with Crippen molar-refractivity contribution in [3.63, 3.8) is 0 Å². The Hall–Kier alpha value is -4.86. The van der Waals surface area contributed by atoms with Gasteiger partial charge < -0.3 is 10.1 Å². The molecule has 0 bridgehead atoms. The van der Waals surface area contributed by atoms with Crippen molar-refractivity contribution in [1.82, 2.24) is 40.2 Å². The topological polar surface area (TPSA) is 108 Å². The molecule has 3 heterocycles. The Balaban J connectivity index is 1.49. The van der Waals surface area contributed by atoms with Gasteiger partial charge in [0.15, 0.2) is 11.5 Å². The van der Waals surface area contributed by atoms with Crippen molar-refractivity contribution < 1.29 is 4.74 Å². The highest BCUT2D eigenvalue weighted by Crippen LogP contribution is 2.30. The molecule has 10 heteroatoms. The van der Waals surface area contributed by atoms with E-state index in [9.17, 15) is 0 Å². The van der Waals surface area contributed by atoms with Crippen molar-refractivity contribution in [2.75, 3.05) is 12.4 Å². The van der Waals surface area contributed by atoms with Gasteiger partial charge in [-0.3, -0.25) is 0 Å². The lowest BCUT2D eigenvalue weighted by atomic mass is 10.0. The van der Waals surface area contributed by atoms with Crippen molar-refractivity contribution >= 4 is 22.2 Å². The molecule has 0 spiro atoms. The van der Waals surface area contributed by atoms with E-state index in [1.165, 1.54) is 0 Å². The zero-order valence-electron chi connectivity index (χ0n) is 18.9. The van der Waals surface area contributed by atoms with E-state index in [4.69, 9.17) is 4.74 Å². The molecule has 3 aromatic heterocycles. The molecule has 0 fully saturated rings. The minimum Gasteiger partial charge on any atom is -0.497 e. The fourth-order valence-corrected chi connectivity index (χ4v) is 4.19. The van der Waals surface area contributed by atoms with Crippen molar-refractivity contribution in [1.29, 1.82) is 0 Å². The minimum atomic E-state index is -0.413. The standard InChI is InChI=1S/C25H21N9O/c1-35-20-13-11-17(12-14-20)16-33-25(28-29-31-33)23(26-19-8-3-2-4-9-19)21-15-18-7-5-6-10-22(18)34-24(21)27-30-32-34/h2-15,23,26H,16H2,1H3. The van der Waals surface area contributed by atoms with E-state index >= 15 is 0 Å². The molecule has 1 N–H and O–H groups in total. The van der Waals surface area contributed by atoms with E-state index < -0.39 is 6.04 Å². The van der Waals surface area contributed by atoms with Crippen LogP contribution in [0.1, 0.15) is 23.0 Å². The van der Waals surface area contributed by atoms with Gasteiger partial charge in [0.25, 0.3) is 0 Å². The number of aromatic nitrogens is 8. The highest BCUT2D eigenvalue weighted by atomic mass is 16.5. The summed E-state index contributed by atoms with van der Waals surface area (Å²) in [7, 11) is 1.65. The van der Waals surface area contributed by atoms with Crippen molar-refractivity contribution in [2.24, 2.45) is 0 Å². The van der Waals surface area contributed by atoms with Crippen LogP contribution < -0.4 is 10.1 Å². The molecule has 0 aliphatic heterocycles. The summed E-state index contributed by atoms with van der Waals surface area (Å²) in [6, 6.07) is 27.5. The monoisotopic (exact) mass is 463 g/mol. The largest absolute Gasteiger partial charge is 0.497 e. The van der Waals surface area contributed by atoms with Crippen LogP contribution >= 0.6 is 0 Å². The highest BCUT2D eigenvalue weighted by molar-refractivity contribution is 5.83. The smallest absolute Gasteiger partial charge is 0.185 e. The van der Waals surface area contributed by atoms with Gasteiger partial charge in [-0.2, -0.15) is 4.52 Å². The van der Waals surface area contributed by atoms with Crippen molar-refractivity contribution in [2.45, 2.75) is 12.6 Å². The third-order valence-electron chi connectivity index (χ3n) is 5.91. The summed E-state index contributed by atoms with van der Waals surface area (Å²) in [4.78, 5) is 0. The average Bonchev–Trinajstić information content (AvgIpc) is 3.58. The van der Waals surface area contributed by atoms with Crippen LogP contribution in [0, 0.1) is 0 Å². The molecule has 0 aliphatic carbocycles. The number of pyridine rings is 1. The Kier molecular flexibility index (Phi) is 5.22. The number of hydrogen-bond donors (Lipinski definition) is 1. The number of methoxy groups -OCH3 is 1. The van der Waals surface area contributed by atoms with Crippen LogP contribution in [-0.2, 0) is 6.54 Å². The number of nitrogens with one attached hydrogen (secondary N) is 1. The molecule has 10 nitrogen and oxygen atoms in total. The normalized spacial score (nSPS) is 12.1. The van der Waals surface area contributed by atoms with Gasteiger partial charge in [-0.1, -0.05) is 48.5 Å². The first-order valence-electron chi connectivity index (χ1n) is 11.1. The van der Waals surface area contributed by atoms with Crippen LogP contribution in [0.4, 0.5) is 5.69 Å². The van der Waals surface area contributed by atoms with Gasteiger partial charge in [0.05, 0.1) is 19.2 Å². The molecule has 6 rings (SSSR count). The maximum Gasteiger partial charge on any atom is 0.185 e. The molecule has 1 atom stereocenters. The lowest BCUT2D eigenvalue weighted by Crippen LogP contribution is -2.20. The second-order valence-corrected chi connectivity index (χ2v) is 8.06. The zero-order valence-corrected chi connectivity index (χ0v) is 18.9. The molecule has 0 saturated carbocycles. The van der Waals surface area contributed by atoms with Crippen LogP contribution in [0.2, 0.25) is 0 Å². The first-order valence-corrected chi connectivity index (χ1v) is 11.1. The second-order valence-electron chi connectivity index (χ2n) is 8.06. The molecule has 3 aromatic carbocycles. The number of benzene rings is 3. The molecule has 1 unspecified atom stereocenters. The Morgan fingerprint density at radius 3 is 2.46 bits per heavy atom. The Morgan fingerprint density at radius 2 is 1.63 bits per heavy atom. The molecule has 6 aromatic rings. The van der Waals surface area contributed by atoms with Gasteiger partial charge in [-0.15, -0.1) is 10.2 Å². The summed E-state index contributed by atoms with van der Waals surface area (Å²) < 4.78 is 8.82. The molecule has 35 heavy (non-hydrogen) atoms. The lowest BCUT2D eigenvalue weighted by Gasteiger charge is -2.20. The Bertz CT molecular complexity index is 1590. The molecule has 0 aliphatic rings. The van der Waals surface area contributed by atoms with Crippen LogP contribution in [0.5, 0.6) is 5.75 Å². The first-order chi connectivity index (χ1) is 17.3. The SMILES string of the molecule is COc1ccc(Cn2nnnc2C(Nc2ccccc2)c2cc3ccccc3n3nnnc23)cc1. The molecule has 0 saturated heterocycles. The number of anilines is 1. The van der Waals surface area contributed by atoms with E-state index in [1.807, 2.05) is 78.9 Å². The maximum absolute atomic E-state index is 5.28. The van der Waals surface area contributed by atoms with E-state index in [2.05, 4.69) is 42.4 Å². The number of hydrogen-bond acceptors (Lipinski definition) is 8. The van der Waals surface area contributed by atoms with Gasteiger partial charge in [0.1, 0.15) is 11.8 Å². The Morgan fingerprint density at radius 1 is 0.857 bits per heavy atom. The Labute approximate surface area is 200 Å². The fraction of sp³-hybridized carbons (Fsp3) is 0.120. The summed E-state index contributed by atoms with van der Waals surface area (Å²) in [5.41, 5.74) is 4.40. The molecule has 172 valence electrons. The summed E-state index contributed by atoms with van der Waals surface area (Å²) in [5, 5.41) is 29.9. The van der Waals surface area contributed by atoms with Crippen LogP contribution in [0.3, 0.4) is 0 Å². The van der Waals surface area contributed by atoms with Gasteiger partial charge in [-0.25, -0.2) is 4.68 Å². The summed E-state index contributed by atoms with van der Waals surface area (Å²) in [5.74, 6) is 1.44. The van der Waals surface area contributed by atoms with E-state index in [0.717, 1.165) is 33.5 Å². The van der Waals surface area contributed by atoms with E-state index in [0.29, 0.717) is 18.0 Å². The summed E-state index contributed by atoms with van der Waals surface area (Å²) in [6.07, 6.45) is 0. The average molecular weight is 464 g/mol. The molecule has 0 amide bonds. The maximum atomic E-state index is 5.28. The van der Waals surface area contributed by atoms with Gasteiger partial charge in [0, 0.05) is 16.6 Å². The van der Waals surface area contributed by atoms with Crippen molar-refractivity contribution in [3.8, 4) is 5.75 Å². The quantitative estimate of drug-likeness (QED) is 0.383. The number of rotatable bonds is 7. The second kappa shape index (κ2) is 8.82. The predicted octanol–water partition coefficient (Wildman–Crippen LogP) is 3.52. The third kappa shape index (κ3) is 3.90. The van der Waals surface area contributed by atoms with Crippen LogP contribution in [0.25, 0.3) is 16.6 Å². The molecule has 0 radical (unpaired) electrons. The first kappa shape index (κ1) is 20.7. The number of fused-ring (bicyclic) bond motifs is 3. The van der Waals surface area contributed by atoms with Gasteiger partial charge in [0.2, 0.25) is 0 Å². The van der Waals surface area contributed by atoms with Crippen LogP contribution in [-0.4, -0.2) is 47.4 Å². The summed E-state index contributed by atoms with van der Waals surface area (Å²) in [6.45, 7) is 0.494. The van der Waals surface area contributed by atoms with E-state index in [-0.39, 0.29) is 0 Å². The molecular formula is C25H21N9O. The minimum absolute atomic E-state index is 0.413. The van der Waals surface area contributed by atoms with Gasteiger partial charge >= 0.3 is 0 Å². The lowest BCUT2D eigenvalue weighted by molar-refractivity contribution is 0.414. The number of tetrazole rings is 2. The highest BCUT2D eigenvalue weighted by Gasteiger charge is 2.26. The number of nitrogens with zero attached hydrogens (tertiary/aromatic N) is 8. The van der Waals surface area contributed by atoms with Crippen molar-refractivity contribution in [3.05, 3.63) is 102 Å². The number of ether oxygens (including phenoxy) is 1.